The topological polar surface area (TPSA) is 97.5 Å². The van der Waals surface area contributed by atoms with E-state index in [0.29, 0.717) is 32.8 Å². The Morgan fingerprint density at radius 2 is 1.68 bits per heavy atom. The molecule has 0 saturated carbocycles. The van der Waals surface area contributed by atoms with E-state index in [0.717, 1.165) is 5.56 Å². The van der Waals surface area contributed by atoms with Crippen LogP contribution >= 0.6 is 11.6 Å². The molecule has 4 rings (SSSR count). The molecule has 0 fully saturated rings. The number of carbonyl (C=O) groups is 2. The summed E-state index contributed by atoms with van der Waals surface area (Å²) in [6.07, 6.45) is 0. The summed E-state index contributed by atoms with van der Waals surface area (Å²) >= 11 is 6.48. The fourth-order valence-electron chi connectivity index (χ4n) is 3.72. The Labute approximate surface area is 200 Å². The van der Waals surface area contributed by atoms with Gasteiger partial charge in [-0.3, -0.25) is 9.59 Å². The molecule has 4 aromatic rings. The smallest absolute Gasteiger partial charge is 0.354 e. The molecular weight excluding hydrogens is 456 g/mol. The molecule has 0 saturated heterocycles. The van der Waals surface area contributed by atoms with E-state index in [2.05, 4.69) is 10.3 Å². The van der Waals surface area contributed by atoms with Crippen molar-refractivity contribution in [2.75, 3.05) is 14.2 Å². The molecule has 0 aliphatic rings. The monoisotopic (exact) mass is 476 g/mol. The summed E-state index contributed by atoms with van der Waals surface area (Å²) in [6.45, 7) is -0.177. The highest BCUT2D eigenvalue weighted by Gasteiger charge is 2.22. The van der Waals surface area contributed by atoms with Crippen LogP contribution in [0.1, 0.15) is 26.4 Å². The summed E-state index contributed by atoms with van der Waals surface area (Å²) in [4.78, 5) is 41.7. The minimum atomic E-state index is -0.730. The van der Waals surface area contributed by atoms with Crippen LogP contribution < -0.4 is 15.5 Å². The third-order valence-electron chi connectivity index (χ3n) is 5.45. The van der Waals surface area contributed by atoms with Gasteiger partial charge in [0.2, 0.25) is 0 Å². The predicted molar refractivity (Wildman–Crippen MR) is 131 cm³/mol. The van der Waals surface area contributed by atoms with Crippen molar-refractivity contribution in [3.05, 3.63) is 98.8 Å². The molecule has 0 radical (unpaired) electrons. The van der Waals surface area contributed by atoms with Crippen molar-refractivity contribution in [2.24, 2.45) is 0 Å². The quantitative estimate of drug-likeness (QED) is 0.397. The lowest BCUT2D eigenvalue weighted by atomic mass is 9.99. The second kappa shape index (κ2) is 9.80. The van der Waals surface area contributed by atoms with Crippen LogP contribution in [0.2, 0.25) is 5.02 Å². The van der Waals surface area contributed by atoms with Crippen molar-refractivity contribution in [1.82, 2.24) is 10.3 Å². The molecule has 2 N–H and O–H groups in total. The minimum Gasteiger partial charge on any atom is -0.497 e. The van der Waals surface area contributed by atoms with Crippen molar-refractivity contribution in [3.63, 3.8) is 0 Å². The molecule has 1 heterocycles. The number of carbonyl (C=O) groups excluding carboxylic acids is 2. The first kappa shape index (κ1) is 23.1. The number of fused-ring (bicyclic) bond motifs is 1. The zero-order valence-corrected chi connectivity index (χ0v) is 19.2. The van der Waals surface area contributed by atoms with Gasteiger partial charge in [0.25, 0.3) is 5.91 Å². The number of aromatic amines is 1. The number of hydrogen-bond donors (Lipinski definition) is 2. The number of methoxy groups -OCH3 is 2. The normalized spacial score (nSPS) is 10.7. The molecule has 7 nitrogen and oxygen atoms in total. The molecule has 0 bridgehead atoms. The summed E-state index contributed by atoms with van der Waals surface area (Å²) in [6, 6.07) is 19.1. The van der Waals surface area contributed by atoms with Crippen LogP contribution in [0, 0.1) is 0 Å². The first-order chi connectivity index (χ1) is 16.4. The van der Waals surface area contributed by atoms with Gasteiger partial charge in [0, 0.05) is 23.1 Å². The Hall–Kier alpha value is -4.10. The number of benzene rings is 3. The lowest BCUT2D eigenvalue weighted by molar-refractivity contribution is 0.0592. The maximum absolute atomic E-state index is 13.5. The summed E-state index contributed by atoms with van der Waals surface area (Å²) in [5.74, 6) is -0.519. The largest absolute Gasteiger partial charge is 0.497 e. The maximum atomic E-state index is 13.5. The molecule has 1 aromatic heterocycles. The zero-order valence-electron chi connectivity index (χ0n) is 18.5. The Kier molecular flexibility index (Phi) is 6.65. The van der Waals surface area contributed by atoms with Crippen LogP contribution in [0.3, 0.4) is 0 Å². The fourth-order valence-corrected chi connectivity index (χ4v) is 3.98. The molecular formula is C26H21ClN2O5. The van der Waals surface area contributed by atoms with E-state index in [1.54, 1.807) is 36.4 Å². The Balaban J connectivity index is 1.79. The second-order valence-electron chi connectivity index (χ2n) is 7.42. The Bertz CT molecular complexity index is 1430. The lowest BCUT2D eigenvalue weighted by Gasteiger charge is -2.14. The molecule has 0 atom stereocenters. The molecule has 8 heteroatoms. The van der Waals surface area contributed by atoms with E-state index in [1.807, 2.05) is 30.3 Å². The predicted octanol–water partition coefficient (Wildman–Crippen LogP) is 4.57. The number of ether oxygens (including phenoxy) is 2. The Morgan fingerprint density at radius 1 is 0.971 bits per heavy atom. The molecule has 34 heavy (non-hydrogen) atoms. The van der Waals surface area contributed by atoms with Gasteiger partial charge in [-0.25, -0.2) is 4.79 Å². The second-order valence-corrected chi connectivity index (χ2v) is 7.83. The third kappa shape index (κ3) is 4.38. The van der Waals surface area contributed by atoms with Gasteiger partial charge in [-0.1, -0.05) is 41.9 Å². The van der Waals surface area contributed by atoms with Gasteiger partial charge in [0.1, 0.15) is 11.4 Å². The van der Waals surface area contributed by atoms with Crippen LogP contribution in [0.4, 0.5) is 0 Å². The van der Waals surface area contributed by atoms with Gasteiger partial charge in [0.15, 0.2) is 5.43 Å². The summed E-state index contributed by atoms with van der Waals surface area (Å²) in [5.41, 5.74) is 1.81. The Morgan fingerprint density at radius 3 is 2.32 bits per heavy atom. The number of H-pyrrole nitrogens is 1. The number of aromatic nitrogens is 1. The van der Waals surface area contributed by atoms with Crippen LogP contribution in [0.25, 0.3) is 22.0 Å². The zero-order chi connectivity index (χ0) is 24.2. The molecule has 172 valence electrons. The summed E-state index contributed by atoms with van der Waals surface area (Å²) in [7, 11) is 2.76. The minimum absolute atomic E-state index is 0.0468. The van der Waals surface area contributed by atoms with Crippen molar-refractivity contribution in [1.29, 1.82) is 0 Å². The SMILES string of the molecule is COC(=O)c1[nH]c2c(-c3ccccc3)c(Cl)ccc2c(=O)c1CNC(=O)c1ccc(OC)cc1. The molecule has 0 aliphatic carbocycles. The van der Waals surface area contributed by atoms with Gasteiger partial charge < -0.3 is 19.8 Å². The molecule has 0 aliphatic heterocycles. The highest BCUT2D eigenvalue weighted by Crippen LogP contribution is 2.33. The van der Waals surface area contributed by atoms with Gasteiger partial charge in [-0.05, 0) is 42.0 Å². The van der Waals surface area contributed by atoms with Crippen LogP contribution in [0.15, 0.2) is 71.5 Å². The van der Waals surface area contributed by atoms with Gasteiger partial charge in [-0.15, -0.1) is 0 Å². The maximum Gasteiger partial charge on any atom is 0.354 e. The third-order valence-corrected chi connectivity index (χ3v) is 5.77. The average Bonchev–Trinajstić information content (AvgIpc) is 2.87. The van der Waals surface area contributed by atoms with E-state index in [-0.39, 0.29) is 17.8 Å². The van der Waals surface area contributed by atoms with E-state index in [9.17, 15) is 14.4 Å². The number of rotatable bonds is 6. The van der Waals surface area contributed by atoms with Crippen LogP contribution in [-0.2, 0) is 11.3 Å². The molecule has 3 aromatic carbocycles. The lowest BCUT2D eigenvalue weighted by Crippen LogP contribution is -2.29. The molecule has 1 amide bonds. The van der Waals surface area contributed by atoms with E-state index in [4.69, 9.17) is 21.1 Å². The molecule has 0 spiro atoms. The average molecular weight is 477 g/mol. The van der Waals surface area contributed by atoms with Gasteiger partial charge in [0.05, 0.1) is 30.3 Å². The van der Waals surface area contributed by atoms with Crippen molar-refractivity contribution in [3.8, 4) is 16.9 Å². The number of halogens is 1. The number of esters is 1. The van der Waals surface area contributed by atoms with Crippen LogP contribution in [-0.4, -0.2) is 31.1 Å². The van der Waals surface area contributed by atoms with Crippen molar-refractivity contribution >= 4 is 34.4 Å². The first-order valence-electron chi connectivity index (χ1n) is 10.4. The number of nitrogens with one attached hydrogen (secondary N) is 2. The van der Waals surface area contributed by atoms with Crippen LogP contribution in [0.5, 0.6) is 5.75 Å². The van der Waals surface area contributed by atoms with Gasteiger partial charge >= 0.3 is 5.97 Å². The summed E-state index contributed by atoms with van der Waals surface area (Å²) in [5, 5.41) is 3.46. The fraction of sp³-hybridized carbons (Fsp3) is 0.115. The number of pyridine rings is 1. The standard InChI is InChI=1S/C26H21ClN2O5/c1-33-17-10-8-16(9-11-17)25(31)28-14-19-23(26(32)34-2)29-22-18(24(19)30)12-13-20(27)21(22)15-6-4-3-5-7-15/h3-13H,14H2,1-2H3,(H,28,31)(H,29,30). The van der Waals surface area contributed by atoms with Crippen molar-refractivity contribution in [2.45, 2.75) is 6.54 Å². The van der Waals surface area contributed by atoms with E-state index >= 15 is 0 Å². The summed E-state index contributed by atoms with van der Waals surface area (Å²) < 4.78 is 10.0. The van der Waals surface area contributed by atoms with Crippen molar-refractivity contribution < 1.29 is 19.1 Å². The first-order valence-corrected chi connectivity index (χ1v) is 10.8. The number of amides is 1. The van der Waals surface area contributed by atoms with Gasteiger partial charge in [-0.2, -0.15) is 0 Å². The highest BCUT2D eigenvalue weighted by molar-refractivity contribution is 6.35. The van der Waals surface area contributed by atoms with E-state index in [1.165, 1.54) is 14.2 Å². The van der Waals surface area contributed by atoms with E-state index < -0.39 is 17.3 Å². The highest BCUT2D eigenvalue weighted by atomic mass is 35.5. The number of hydrogen-bond acceptors (Lipinski definition) is 5. The molecule has 0 unspecified atom stereocenters.